The van der Waals surface area contributed by atoms with E-state index in [1.54, 1.807) is 29.0 Å². The van der Waals surface area contributed by atoms with Gasteiger partial charge in [0.25, 0.3) is 0 Å². The van der Waals surface area contributed by atoms with Gasteiger partial charge in [0.05, 0.1) is 36.9 Å². The number of aryl methyl sites for hydroxylation is 1. The SMILES string of the molecule is CCCCCCCC(=O)N(CCOC)CC(=O)N(Cc1ccccc1)Cc1coc2ccc(C)cc2c1=O. The summed E-state index contributed by atoms with van der Waals surface area (Å²) < 4.78 is 10.9. The van der Waals surface area contributed by atoms with Crippen LogP contribution in [0.5, 0.6) is 0 Å². The van der Waals surface area contributed by atoms with E-state index in [1.165, 1.54) is 6.26 Å². The predicted octanol–water partition coefficient (Wildman–Crippen LogP) is 5.47. The van der Waals surface area contributed by atoms with Crippen LogP contribution in [0.3, 0.4) is 0 Å². The Kier molecular flexibility index (Phi) is 11.6. The highest BCUT2D eigenvalue weighted by Crippen LogP contribution is 2.16. The molecule has 0 aliphatic heterocycles. The summed E-state index contributed by atoms with van der Waals surface area (Å²) in [5, 5.41) is 0.495. The van der Waals surface area contributed by atoms with Crippen molar-refractivity contribution < 1.29 is 18.7 Å². The Morgan fingerprint density at radius 1 is 0.921 bits per heavy atom. The highest BCUT2D eigenvalue weighted by molar-refractivity contribution is 5.85. The summed E-state index contributed by atoms with van der Waals surface area (Å²) in [4.78, 5) is 43.1. The largest absolute Gasteiger partial charge is 0.464 e. The molecule has 1 heterocycles. The number of nitrogens with zero attached hydrogens (tertiary/aromatic N) is 2. The summed E-state index contributed by atoms with van der Waals surface area (Å²) in [6, 6.07) is 15.1. The standard InChI is InChI=1S/C31H40N2O5/c1-4-5-6-7-11-14-29(34)32(17-18-37-3)22-30(35)33(20-25-12-9-8-10-13-25)21-26-23-38-28-16-15-24(2)19-27(28)31(26)36/h8-10,12-13,15-16,19,23H,4-7,11,14,17-18,20-22H2,1-3H3. The average Bonchev–Trinajstić information content (AvgIpc) is 2.92. The van der Waals surface area contributed by atoms with Gasteiger partial charge in [-0.1, -0.05) is 74.6 Å². The summed E-state index contributed by atoms with van der Waals surface area (Å²) in [6.45, 7) is 5.10. The molecule has 204 valence electrons. The van der Waals surface area contributed by atoms with Crippen LogP contribution in [-0.2, 0) is 27.4 Å². The molecule has 0 saturated heterocycles. The van der Waals surface area contributed by atoms with Gasteiger partial charge in [-0.3, -0.25) is 14.4 Å². The number of fused-ring (bicyclic) bond motifs is 1. The molecule has 0 saturated carbocycles. The third-order valence-corrected chi connectivity index (χ3v) is 6.67. The van der Waals surface area contributed by atoms with Crippen molar-refractivity contribution in [2.75, 3.05) is 26.8 Å². The van der Waals surface area contributed by atoms with Gasteiger partial charge in [-0.15, -0.1) is 0 Å². The summed E-state index contributed by atoms with van der Waals surface area (Å²) in [5.41, 5.74) is 2.66. The number of ether oxygens (including phenoxy) is 1. The van der Waals surface area contributed by atoms with E-state index in [1.807, 2.05) is 43.3 Å². The van der Waals surface area contributed by atoms with Gasteiger partial charge in [0, 0.05) is 26.6 Å². The Hall–Kier alpha value is -3.45. The van der Waals surface area contributed by atoms with Gasteiger partial charge in [0.15, 0.2) is 5.43 Å². The van der Waals surface area contributed by atoms with Crippen molar-refractivity contribution in [2.24, 2.45) is 0 Å². The van der Waals surface area contributed by atoms with Crippen molar-refractivity contribution in [1.82, 2.24) is 9.80 Å². The second-order valence-electron chi connectivity index (χ2n) is 9.80. The molecular formula is C31H40N2O5. The Labute approximate surface area is 225 Å². The second-order valence-corrected chi connectivity index (χ2v) is 9.80. The van der Waals surface area contributed by atoms with Crippen molar-refractivity contribution in [1.29, 1.82) is 0 Å². The van der Waals surface area contributed by atoms with Crippen LogP contribution in [0.2, 0.25) is 0 Å². The van der Waals surface area contributed by atoms with Gasteiger partial charge >= 0.3 is 0 Å². The van der Waals surface area contributed by atoms with E-state index in [9.17, 15) is 14.4 Å². The lowest BCUT2D eigenvalue weighted by Crippen LogP contribution is -2.44. The third-order valence-electron chi connectivity index (χ3n) is 6.67. The molecule has 0 aliphatic carbocycles. The first-order valence-corrected chi connectivity index (χ1v) is 13.5. The van der Waals surface area contributed by atoms with E-state index in [0.29, 0.717) is 42.6 Å². The molecule has 2 aromatic carbocycles. The molecule has 0 N–H and O–H groups in total. The van der Waals surface area contributed by atoms with Crippen molar-refractivity contribution >= 4 is 22.8 Å². The number of benzene rings is 2. The summed E-state index contributed by atoms with van der Waals surface area (Å²) >= 11 is 0. The van der Waals surface area contributed by atoms with Crippen molar-refractivity contribution in [2.45, 2.75) is 65.5 Å². The molecule has 7 heteroatoms. The molecule has 1 aromatic heterocycles. The fraction of sp³-hybridized carbons (Fsp3) is 0.452. The Morgan fingerprint density at radius 2 is 1.68 bits per heavy atom. The number of unbranched alkanes of at least 4 members (excludes halogenated alkanes) is 4. The lowest BCUT2D eigenvalue weighted by Gasteiger charge is -2.28. The molecule has 0 radical (unpaired) electrons. The van der Waals surface area contributed by atoms with Crippen LogP contribution in [0.15, 0.2) is 64.0 Å². The van der Waals surface area contributed by atoms with E-state index in [4.69, 9.17) is 9.15 Å². The molecule has 3 aromatic rings. The average molecular weight is 521 g/mol. The van der Waals surface area contributed by atoms with E-state index >= 15 is 0 Å². The molecule has 0 bridgehead atoms. The van der Waals surface area contributed by atoms with E-state index in [2.05, 4.69) is 6.92 Å². The zero-order chi connectivity index (χ0) is 27.3. The Balaban J connectivity index is 1.80. The fourth-order valence-corrected chi connectivity index (χ4v) is 4.43. The minimum atomic E-state index is -0.229. The van der Waals surface area contributed by atoms with Crippen LogP contribution >= 0.6 is 0 Å². The van der Waals surface area contributed by atoms with Crippen LogP contribution in [0.25, 0.3) is 11.0 Å². The van der Waals surface area contributed by atoms with Crippen LogP contribution in [0, 0.1) is 6.92 Å². The Bertz CT molecular complexity index is 1240. The Morgan fingerprint density at radius 3 is 2.42 bits per heavy atom. The van der Waals surface area contributed by atoms with Gasteiger partial charge in [-0.25, -0.2) is 0 Å². The minimum absolute atomic E-state index is 0.0488. The van der Waals surface area contributed by atoms with Gasteiger partial charge < -0.3 is 19.0 Å². The second kappa shape index (κ2) is 15.1. The van der Waals surface area contributed by atoms with Gasteiger partial charge in [0.1, 0.15) is 5.58 Å². The molecule has 0 fully saturated rings. The fourth-order valence-electron chi connectivity index (χ4n) is 4.43. The molecule has 0 aliphatic rings. The molecule has 7 nitrogen and oxygen atoms in total. The molecular weight excluding hydrogens is 480 g/mol. The number of rotatable bonds is 15. The zero-order valence-electron chi connectivity index (χ0n) is 22.9. The highest BCUT2D eigenvalue weighted by Gasteiger charge is 2.23. The minimum Gasteiger partial charge on any atom is -0.464 e. The van der Waals surface area contributed by atoms with Crippen LogP contribution in [-0.4, -0.2) is 48.4 Å². The normalized spacial score (nSPS) is 11.0. The molecule has 38 heavy (non-hydrogen) atoms. The quantitative estimate of drug-likeness (QED) is 0.249. The predicted molar refractivity (Wildman–Crippen MR) is 150 cm³/mol. The monoisotopic (exact) mass is 520 g/mol. The highest BCUT2D eigenvalue weighted by atomic mass is 16.5. The first kappa shape index (κ1) is 29.1. The van der Waals surface area contributed by atoms with Gasteiger partial charge in [-0.05, 0) is 31.0 Å². The summed E-state index contributed by atoms with van der Waals surface area (Å²) in [6.07, 6.45) is 7.08. The maximum atomic E-state index is 13.6. The van der Waals surface area contributed by atoms with Crippen molar-refractivity contribution in [3.05, 3.63) is 81.7 Å². The number of carbonyl (C=O) groups is 2. The maximum Gasteiger partial charge on any atom is 0.242 e. The summed E-state index contributed by atoms with van der Waals surface area (Å²) in [7, 11) is 1.58. The van der Waals surface area contributed by atoms with Crippen molar-refractivity contribution in [3.8, 4) is 0 Å². The number of amides is 2. The molecule has 2 amide bonds. The van der Waals surface area contributed by atoms with Gasteiger partial charge in [-0.2, -0.15) is 0 Å². The van der Waals surface area contributed by atoms with Crippen LogP contribution in [0.1, 0.15) is 62.1 Å². The van der Waals surface area contributed by atoms with Gasteiger partial charge in [0.2, 0.25) is 11.8 Å². The molecule has 3 rings (SSSR count). The van der Waals surface area contributed by atoms with Crippen molar-refractivity contribution in [3.63, 3.8) is 0 Å². The zero-order valence-corrected chi connectivity index (χ0v) is 22.9. The van der Waals surface area contributed by atoms with E-state index in [-0.39, 0.29) is 30.3 Å². The molecule has 0 spiro atoms. The third kappa shape index (κ3) is 8.55. The maximum absolute atomic E-state index is 13.6. The lowest BCUT2D eigenvalue weighted by atomic mass is 10.1. The first-order chi connectivity index (χ1) is 18.4. The summed E-state index contributed by atoms with van der Waals surface area (Å²) in [5.74, 6) is -0.278. The van der Waals surface area contributed by atoms with Crippen LogP contribution in [0.4, 0.5) is 0 Å². The lowest BCUT2D eigenvalue weighted by molar-refractivity contribution is -0.141. The van der Waals surface area contributed by atoms with E-state index < -0.39 is 0 Å². The topological polar surface area (TPSA) is 80.1 Å². The number of carbonyl (C=O) groups excluding carboxylic acids is 2. The van der Waals surface area contributed by atoms with Crippen LogP contribution < -0.4 is 5.43 Å². The first-order valence-electron chi connectivity index (χ1n) is 13.5. The number of methoxy groups -OCH3 is 1. The smallest absolute Gasteiger partial charge is 0.242 e. The molecule has 0 unspecified atom stereocenters. The number of hydrogen-bond donors (Lipinski definition) is 0. The van der Waals surface area contributed by atoms with E-state index in [0.717, 1.165) is 43.2 Å². The molecule has 0 atom stereocenters. The number of hydrogen-bond acceptors (Lipinski definition) is 5.